The van der Waals surface area contributed by atoms with Crippen molar-refractivity contribution in [2.75, 3.05) is 33.5 Å². The van der Waals surface area contributed by atoms with E-state index in [0.717, 1.165) is 0 Å². The number of nitrogens with one attached hydrogen (secondary N) is 1. The van der Waals surface area contributed by atoms with Crippen LogP contribution in [0.3, 0.4) is 0 Å². The van der Waals surface area contributed by atoms with Crippen LogP contribution in [-0.4, -0.2) is 53.6 Å². The van der Waals surface area contributed by atoms with Gasteiger partial charge in [-0.2, -0.15) is 0 Å². The molecular formula is C11H20N3O4P. The zero-order valence-corrected chi connectivity index (χ0v) is 12.3. The van der Waals surface area contributed by atoms with E-state index in [1.165, 1.54) is 9.34 Å². The highest BCUT2D eigenvalue weighted by molar-refractivity contribution is 7.52. The van der Waals surface area contributed by atoms with E-state index in [2.05, 4.69) is 5.32 Å². The minimum atomic E-state index is -3.17. The Morgan fingerprint density at radius 3 is 1.79 bits per heavy atom. The van der Waals surface area contributed by atoms with Crippen molar-refractivity contribution in [2.45, 2.75) is 0 Å². The van der Waals surface area contributed by atoms with Crippen LogP contribution in [-0.2, 0) is 4.57 Å². The molecule has 8 heteroatoms. The Kier molecular flexibility index (Phi) is 7.33. The normalized spacial score (nSPS) is 10.9. The Balaban J connectivity index is 0.000000344. The molecule has 0 spiro atoms. The Bertz CT molecular complexity index is 425. The molecule has 1 aromatic carbocycles. The van der Waals surface area contributed by atoms with Gasteiger partial charge in [-0.25, -0.2) is 14.1 Å². The van der Waals surface area contributed by atoms with E-state index >= 15 is 0 Å². The molecule has 0 saturated heterocycles. The number of para-hydroxylation sites is 1. The third-order valence-corrected chi connectivity index (χ3v) is 4.15. The van der Waals surface area contributed by atoms with Crippen molar-refractivity contribution in [3.63, 3.8) is 0 Å². The van der Waals surface area contributed by atoms with E-state index in [1.54, 1.807) is 52.5 Å². The first-order chi connectivity index (χ1) is 8.67. The fourth-order valence-corrected chi connectivity index (χ4v) is 1.72. The Morgan fingerprint density at radius 2 is 1.53 bits per heavy atom. The summed E-state index contributed by atoms with van der Waals surface area (Å²) in [6.45, 7) is 0. The van der Waals surface area contributed by atoms with E-state index in [0.29, 0.717) is 5.69 Å². The highest BCUT2D eigenvalue weighted by Crippen LogP contribution is 2.43. The number of carbonyl (C=O) groups is 1. The molecule has 0 heterocycles. The molecule has 0 aliphatic rings. The molecule has 1 aromatic rings. The lowest BCUT2D eigenvalue weighted by atomic mass is 10.3. The van der Waals surface area contributed by atoms with Crippen LogP contribution < -0.4 is 5.32 Å². The van der Waals surface area contributed by atoms with Crippen molar-refractivity contribution in [2.24, 2.45) is 0 Å². The molecule has 1 rings (SSSR count). The molecule has 1 amide bonds. The lowest BCUT2D eigenvalue weighted by Crippen LogP contribution is -2.19. The molecule has 0 fully saturated rings. The minimum absolute atomic E-state index is 0.593. The summed E-state index contributed by atoms with van der Waals surface area (Å²) in [5.74, 6) is 0. The average Bonchev–Trinajstić information content (AvgIpc) is 2.29. The zero-order chi connectivity index (χ0) is 15.1. The van der Waals surface area contributed by atoms with Crippen molar-refractivity contribution < 1.29 is 19.4 Å². The quantitative estimate of drug-likeness (QED) is 0.737. The summed E-state index contributed by atoms with van der Waals surface area (Å²) in [5, 5.41) is 10.5. The standard InChI is InChI=1S/C7H7NO2.C4H13N2O2P/c9-7(10)8-6-4-2-1-3-5-6;1-5(2)9(7,8)6(3)4/h1-5,8H,(H,9,10);1-4H3,(H,7,8). The molecule has 0 aliphatic carbocycles. The lowest BCUT2D eigenvalue weighted by Gasteiger charge is -2.23. The van der Waals surface area contributed by atoms with Crippen molar-refractivity contribution in [1.29, 1.82) is 0 Å². The van der Waals surface area contributed by atoms with Crippen molar-refractivity contribution >= 4 is 19.5 Å². The van der Waals surface area contributed by atoms with Gasteiger partial charge in [-0.3, -0.25) is 9.88 Å². The first kappa shape index (κ1) is 17.6. The van der Waals surface area contributed by atoms with Crippen LogP contribution >= 0.6 is 7.67 Å². The molecular weight excluding hydrogens is 269 g/mol. The van der Waals surface area contributed by atoms with Gasteiger partial charge in [-0.05, 0) is 40.3 Å². The van der Waals surface area contributed by atoms with Gasteiger partial charge in [0.2, 0.25) is 0 Å². The number of benzene rings is 1. The van der Waals surface area contributed by atoms with Crippen molar-refractivity contribution in [1.82, 2.24) is 9.34 Å². The number of nitrogens with zero attached hydrogens (tertiary/aromatic N) is 2. The van der Waals surface area contributed by atoms with Crippen LogP contribution in [0.4, 0.5) is 10.5 Å². The maximum absolute atomic E-state index is 11.0. The van der Waals surface area contributed by atoms with Crippen LogP contribution in [0, 0.1) is 0 Å². The van der Waals surface area contributed by atoms with Gasteiger partial charge in [-0.15, -0.1) is 0 Å². The maximum Gasteiger partial charge on any atom is 0.409 e. The number of anilines is 1. The molecule has 3 N–H and O–H groups in total. The molecule has 108 valence electrons. The Morgan fingerprint density at radius 1 is 1.11 bits per heavy atom. The molecule has 0 unspecified atom stereocenters. The summed E-state index contributed by atoms with van der Waals surface area (Å²) < 4.78 is 13.6. The van der Waals surface area contributed by atoms with Gasteiger partial charge in [0.25, 0.3) is 0 Å². The fourth-order valence-electron chi connectivity index (χ4n) is 1.00. The van der Waals surface area contributed by atoms with Gasteiger partial charge in [-0.1, -0.05) is 18.2 Å². The second-order valence-electron chi connectivity index (χ2n) is 4.00. The first-order valence-corrected chi connectivity index (χ1v) is 6.97. The largest absolute Gasteiger partial charge is 0.465 e. The number of carboxylic acid groups (broad SMARTS) is 1. The number of hydrogen-bond donors (Lipinski definition) is 3. The van der Waals surface area contributed by atoms with Crippen LogP contribution in [0.1, 0.15) is 0 Å². The SMILES string of the molecule is CN(C)P(=O)(O)N(C)C.O=C(O)Nc1ccccc1. The molecule has 0 aliphatic heterocycles. The summed E-state index contributed by atoms with van der Waals surface area (Å²) in [6, 6.07) is 8.74. The molecule has 0 radical (unpaired) electrons. The van der Waals surface area contributed by atoms with Gasteiger partial charge >= 0.3 is 13.8 Å². The molecule has 0 aromatic heterocycles. The molecule has 19 heavy (non-hydrogen) atoms. The van der Waals surface area contributed by atoms with Gasteiger partial charge in [0, 0.05) is 5.69 Å². The topological polar surface area (TPSA) is 93.1 Å². The highest BCUT2D eigenvalue weighted by atomic mass is 31.2. The number of hydrogen-bond acceptors (Lipinski definition) is 2. The van der Waals surface area contributed by atoms with Gasteiger partial charge in [0.1, 0.15) is 0 Å². The van der Waals surface area contributed by atoms with Crippen LogP contribution in [0.15, 0.2) is 30.3 Å². The van der Waals surface area contributed by atoms with Gasteiger partial charge < -0.3 is 10.00 Å². The molecule has 7 nitrogen and oxygen atoms in total. The predicted molar refractivity (Wildman–Crippen MR) is 75.3 cm³/mol. The van der Waals surface area contributed by atoms with E-state index in [-0.39, 0.29) is 0 Å². The summed E-state index contributed by atoms with van der Waals surface area (Å²) in [6.07, 6.45) is -1.04. The van der Waals surface area contributed by atoms with Crippen LogP contribution in [0.25, 0.3) is 0 Å². The third kappa shape index (κ3) is 6.93. The molecule has 0 saturated carbocycles. The summed E-state index contributed by atoms with van der Waals surface area (Å²) in [7, 11) is 3.11. The fraction of sp³-hybridized carbons (Fsp3) is 0.364. The van der Waals surface area contributed by atoms with Crippen molar-refractivity contribution in [3.8, 4) is 0 Å². The summed E-state index contributed by atoms with van der Waals surface area (Å²) >= 11 is 0. The number of amides is 1. The highest BCUT2D eigenvalue weighted by Gasteiger charge is 2.23. The van der Waals surface area contributed by atoms with Gasteiger partial charge in [0.15, 0.2) is 0 Å². The maximum atomic E-state index is 11.0. The van der Waals surface area contributed by atoms with Crippen LogP contribution in [0.2, 0.25) is 0 Å². The lowest BCUT2D eigenvalue weighted by molar-refractivity contribution is 0.209. The second kappa shape index (κ2) is 7.91. The van der Waals surface area contributed by atoms with E-state index < -0.39 is 13.8 Å². The minimum Gasteiger partial charge on any atom is -0.465 e. The van der Waals surface area contributed by atoms with Gasteiger partial charge in [0.05, 0.1) is 0 Å². The third-order valence-electron chi connectivity index (χ3n) is 2.07. The monoisotopic (exact) mass is 289 g/mol. The molecule has 0 atom stereocenters. The van der Waals surface area contributed by atoms with E-state index in [4.69, 9.17) is 10.00 Å². The second-order valence-corrected chi connectivity index (χ2v) is 6.63. The Labute approximate surface area is 113 Å². The molecule has 0 bridgehead atoms. The Hall–Kier alpha value is -1.40. The summed E-state index contributed by atoms with van der Waals surface area (Å²) in [5.41, 5.74) is 0.593. The number of rotatable bonds is 3. The van der Waals surface area contributed by atoms with E-state index in [9.17, 15) is 9.36 Å². The smallest absolute Gasteiger partial charge is 0.409 e. The zero-order valence-electron chi connectivity index (χ0n) is 11.4. The van der Waals surface area contributed by atoms with Crippen LogP contribution in [0.5, 0.6) is 0 Å². The summed E-state index contributed by atoms with van der Waals surface area (Å²) in [4.78, 5) is 19.1. The first-order valence-electron chi connectivity index (χ1n) is 5.41. The average molecular weight is 289 g/mol. The van der Waals surface area contributed by atoms with E-state index in [1.807, 2.05) is 6.07 Å². The van der Waals surface area contributed by atoms with Crippen molar-refractivity contribution in [3.05, 3.63) is 30.3 Å². The predicted octanol–water partition coefficient (Wildman–Crippen LogP) is 1.99.